The van der Waals surface area contributed by atoms with Gasteiger partial charge in [0.1, 0.15) is 12.4 Å². The summed E-state index contributed by atoms with van der Waals surface area (Å²) in [7, 11) is 0. The van der Waals surface area contributed by atoms with Crippen LogP contribution in [-0.2, 0) is 11.3 Å². The quantitative estimate of drug-likeness (QED) is 0.403. The molecule has 0 saturated carbocycles. The van der Waals surface area contributed by atoms with Crippen molar-refractivity contribution in [2.45, 2.75) is 52.2 Å². The number of halogens is 1. The van der Waals surface area contributed by atoms with Crippen LogP contribution in [0.5, 0.6) is 5.75 Å². The van der Waals surface area contributed by atoms with Crippen molar-refractivity contribution in [3.63, 3.8) is 0 Å². The Morgan fingerprint density at radius 3 is 2.92 bits per heavy atom. The van der Waals surface area contributed by atoms with Gasteiger partial charge >= 0.3 is 0 Å². The fourth-order valence-corrected chi connectivity index (χ4v) is 3.55. The first-order chi connectivity index (χ1) is 12.1. The van der Waals surface area contributed by atoms with Crippen LogP contribution in [0.2, 0.25) is 0 Å². The van der Waals surface area contributed by atoms with Crippen molar-refractivity contribution < 1.29 is 9.47 Å². The Hall–Kier alpha value is -1.02. The number of piperidine rings is 1. The molecule has 2 saturated heterocycles. The lowest BCUT2D eigenvalue weighted by molar-refractivity contribution is 0.0676. The molecule has 26 heavy (non-hydrogen) atoms. The van der Waals surface area contributed by atoms with E-state index in [2.05, 4.69) is 41.9 Å². The zero-order chi connectivity index (χ0) is 17.6. The number of hydrogen-bond donors (Lipinski definition) is 1. The Morgan fingerprint density at radius 2 is 2.19 bits per heavy atom. The van der Waals surface area contributed by atoms with E-state index >= 15 is 0 Å². The van der Waals surface area contributed by atoms with Gasteiger partial charge in [0.05, 0.1) is 12.6 Å². The molecule has 0 aliphatic carbocycles. The predicted octanol–water partition coefficient (Wildman–Crippen LogP) is 3.72. The summed E-state index contributed by atoms with van der Waals surface area (Å²) in [5, 5.41) is 0. The van der Waals surface area contributed by atoms with E-state index in [0.717, 1.165) is 43.9 Å². The molecule has 2 aliphatic rings. The summed E-state index contributed by atoms with van der Waals surface area (Å²) in [5.74, 6) is 2.24. The Balaban J connectivity index is 0.00000243. The lowest BCUT2D eigenvalue weighted by atomic mass is 10.0. The van der Waals surface area contributed by atoms with Gasteiger partial charge in [-0.05, 0) is 50.2 Å². The minimum atomic E-state index is 0. The third-order valence-corrected chi connectivity index (χ3v) is 5.06. The lowest BCUT2D eigenvalue weighted by Gasteiger charge is -2.31. The number of aliphatic imine (C=N–C) groups is 1. The van der Waals surface area contributed by atoms with Gasteiger partial charge in [0.25, 0.3) is 0 Å². The van der Waals surface area contributed by atoms with Crippen molar-refractivity contribution in [3.05, 3.63) is 29.3 Å². The summed E-state index contributed by atoms with van der Waals surface area (Å²) >= 11 is 0. The van der Waals surface area contributed by atoms with Gasteiger partial charge in [-0.25, -0.2) is 4.99 Å². The number of rotatable bonds is 5. The van der Waals surface area contributed by atoms with Crippen molar-refractivity contribution in [3.8, 4) is 5.75 Å². The van der Waals surface area contributed by atoms with Crippen molar-refractivity contribution in [2.24, 2.45) is 16.6 Å². The molecule has 2 aliphatic heterocycles. The largest absolute Gasteiger partial charge is 0.491 e. The first-order valence-electron chi connectivity index (χ1n) is 9.50. The van der Waals surface area contributed by atoms with Gasteiger partial charge in [-0.2, -0.15) is 0 Å². The zero-order valence-corrected chi connectivity index (χ0v) is 18.3. The third-order valence-electron chi connectivity index (χ3n) is 5.06. The van der Waals surface area contributed by atoms with Crippen LogP contribution in [0, 0.1) is 12.8 Å². The van der Waals surface area contributed by atoms with E-state index in [1.165, 1.54) is 18.4 Å². The molecule has 2 atom stereocenters. The Labute approximate surface area is 174 Å². The molecule has 0 amide bonds. The minimum Gasteiger partial charge on any atom is -0.491 e. The number of nitrogens with two attached hydrogens (primary N) is 1. The fourth-order valence-electron chi connectivity index (χ4n) is 3.55. The van der Waals surface area contributed by atoms with Gasteiger partial charge in [-0.3, -0.25) is 0 Å². The Morgan fingerprint density at radius 1 is 1.35 bits per heavy atom. The fraction of sp³-hybridized carbons (Fsp3) is 0.650. The molecule has 6 heteroatoms. The zero-order valence-electron chi connectivity index (χ0n) is 15.9. The second-order valence-corrected chi connectivity index (χ2v) is 7.43. The first-order valence-corrected chi connectivity index (χ1v) is 9.50. The standard InChI is InChI=1S/C20H31N3O2.HI/c1-15-7-8-17(19(11-15)25-14-18-6-4-10-24-18)12-22-20(21)23-9-3-5-16(2)13-23;/h7-8,11,16,18H,3-6,9-10,12-14H2,1-2H3,(H2,21,22);1H. The second-order valence-electron chi connectivity index (χ2n) is 7.43. The Bertz CT molecular complexity index is 603. The molecule has 2 N–H and O–H groups in total. The molecule has 2 fully saturated rings. The maximum Gasteiger partial charge on any atom is 0.191 e. The normalized spacial score (nSPS) is 23.6. The topological polar surface area (TPSA) is 60.1 Å². The van der Waals surface area contributed by atoms with Gasteiger partial charge < -0.3 is 20.1 Å². The number of likely N-dealkylation sites (tertiary alicyclic amines) is 1. The predicted molar refractivity (Wildman–Crippen MR) is 116 cm³/mol. The van der Waals surface area contributed by atoms with Crippen LogP contribution in [-0.4, -0.2) is 43.3 Å². The highest BCUT2D eigenvalue weighted by atomic mass is 127. The summed E-state index contributed by atoms with van der Waals surface area (Å²) < 4.78 is 11.7. The maximum atomic E-state index is 6.23. The van der Waals surface area contributed by atoms with Crippen LogP contribution < -0.4 is 10.5 Å². The average molecular weight is 473 g/mol. The molecule has 1 aromatic rings. The summed E-state index contributed by atoms with van der Waals surface area (Å²) in [6, 6.07) is 6.28. The number of aryl methyl sites for hydroxylation is 1. The number of ether oxygens (including phenoxy) is 2. The van der Waals surface area contributed by atoms with Crippen LogP contribution >= 0.6 is 24.0 Å². The van der Waals surface area contributed by atoms with Crippen LogP contribution in [0.1, 0.15) is 43.7 Å². The van der Waals surface area contributed by atoms with Crippen molar-refractivity contribution in [2.75, 3.05) is 26.3 Å². The SMILES string of the molecule is Cc1ccc(CN=C(N)N2CCCC(C)C2)c(OCC2CCCO2)c1.I. The summed E-state index contributed by atoms with van der Waals surface area (Å²) in [5.41, 5.74) is 8.50. The van der Waals surface area contributed by atoms with Crippen LogP contribution in [0.4, 0.5) is 0 Å². The van der Waals surface area contributed by atoms with E-state index in [4.69, 9.17) is 15.2 Å². The third kappa shape index (κ3) is 6.01. The average Bonchev–Trinajstić information content (AvgIpc) is 3.12. The maximum absolute atomic E-state index is 6.23. The highest BCUT2D eigenvalue weighted by Crippen LogP contribution is 2.23. The molecule has 3 rings (SSSR count). The second kappa shape index (κ2) is 10.3. The van der Waals surface area contributed by atoms with Crippen molar-refractivity contribution in [1.82, 2.24) is 4.90 Å². The number of hydrogen-bond acceptors (Lipinski definition) is 3. The highest BCUT2D eigenvalue weighted by Gasteiger charge is 2.18. The van der Waals surface area contributed by atoms with E-state index in [-0.39, 0.29) is 30.1 Å². The molecule has 0 radical (unpaired) electrons. The van der Waals surface area contributed by atoms with E-state index < -0.39 is 0 Å². The van der Waals surface area contributed by atoms with Crippen molar-refractivity contribution in [1.29, 1.82) is 0 Å². The lowest BCUT2D eigenvalue weighted by Crippen LogP contribution is -2.43. The van der Waals surface area contributed by atoms with E-state index in [9.17, 15) is 0 Å². The molecule has 0 bridgehead atoms. The molecule has 0 spiro atoms. The monoisotopic (exact) mass is 473 g/mol. The van der Waals surface area contributed by atoms with Crippen LogP contribution in [0.3, 0.4) is 0 Å². The van der Waals surface area contributed by atoms with E-state index in [0.29, 0.717) is 25.0 Å². The minimum absolute atomic E-state index is 0. The van der Waals surface area contributed by atoms with Crippen molar-refractivity contribution >= 4 is 29.9 Å². The molecule has 2 unspecified atom stereocenters. The molecular weight excluding hydrogens is 441 g/mol. The van der Waals surface area contributed by atoms with Crippen LogP contribution in [0.25, 0.3) is 0 Å². The van der Waals surface area contributed by atoms with E-state index in [1.54, 1.807) is 0 Å². The molecular formula is C20H32IN3O2. The summed E-state index contributed by atoms with van der Waals surface area (Å²) in [6.45, 7) is 8.38. The molecule has 5 nitrogen and oxygen atoms in total. The molecule has 1 aromatic carbocycles. The number of nitrogens with zero attached hydrogens (tertiary/aromatic N) is 2. The van der Waals surface area contributed by atoms with Gasteiger partial charge in [0, 0.05) is 25.3 Å². The smallest absolute Gasteiger partial charge is 0.191 e. The summed E-state index contributed by atoms with van der Waals surface area (Å²) in [4.78, 5) is 6.84. The van der Waals surface area contributed by atoms with Gasteiger partial charge in [-0.15, -0.1) is 24.0 Å². The highest BCUT2D eigenvalue weighted by molar-refractivity contribution is 14.0. The summed E-state index contributed by atoms with van der Waals surface area (Å²) in [6.07, 6.45) is 4.90. The number of benzene rings is 1. The van der Waals surface area contributed by atoms with Gasteiger partial charge in [-0.1, -0.05) is 19.1 Å². The van der Waals surface area contributed by atoms with Gasteiger partial charge in [0.2, 0.25) is 0 Å². The van der Waals surface area contributed by atoms with Gasteiger partial charge in [0.15, 0.2) is 5.96 Å². The van der Waals surface area contributed by atoms with E-state index in [1.807, 2.05) is 0 Å². The molecule has 0 aromatic heterocycles. The van der Waals surface area contributed by atoms with Crippen LogP contribution in [0.15, 0.2) is 23.2 Å². The number of guanidine groups is 1. The first kappa shape index (κ1) is 21.3. The molecule has 2 heterocycles. The molecule has 146 valence electrons. The Kier molecular flexibility index (Phi) is 8.47.